The van der Waals surface area contributed by atoms with Crippen LogP contribution in [0.4, 0.5) is 0 Å². The van der Waals surface area contributed by atoms with Crippen molar-refractivity contribution in [3.05, 3.63) is 34.1 Å². The van der Waals surface area contributed by atoms with Gasteiger partial charge in [0.05, 0.1) is 10.8 Å². The van der Waals surface area contributed by atoms with E-state index in [2.05, 4.69) is 21.2 Å². The van der Waals surface area contributed by atoms with Crippen molar-refractivity contribution < 1.29 is 4.52 Å². The number of hydrogen-bond acceptors (Lipinski definition) is 6. The predicted molar refractivity (Wildman–Crippen MR) is 76.5 cm³/mol. The lowest BCUT2D eigenvalue weighted by molar-refractivity contribution is 0.376. The molecule has 0 aliphatic carbocycles. The van der Waals surface area contributed by atoms with E-state index in [1.54, 1.807) is 6.92 Å². The van der Waals surface area contributed by atoms with Crippen LogP contribution in [0.1, 0.15) is 46.3 Å². The molecule has 1 atom stereocenters. The Morgan fingerprint density at radius 1 is 1.15 bits per heavy atom. The van der Waals surface area contributed by atoms with Crippen molar-refractivity contribution in [2.75, 3.05) is 0 Å². The van der Waals surface area contributed by atoms with E-state index in [9.17, 15) is 5.26 Å². The molecule has 0 aromatic carbocycles. The Kier molecular flexibility index (Phi) is 4.09. The van der Waals surface area contributed by atoms with Crippen molar-refractivity contribution in [3.8, 4) is 6.07 Å². The smallest absolute Gasteiger partial charge is 0.239 e. The molecule has 5 nitrogen and oxygen atoms in total. The first-order chi connectivity index (χ1) is 9.43. The molecule has 1 unspecified atom stereocenters. The van der Waals surface area contributed by atoms with Crippen LogP contribution >= 0.6 is 11.8 Å². The highest BCUT2D eigenvalue weighted by Crippen LogP contribution is 2.36. The van der Waals surface area contributed by atoms with E-state index in [1.807, 2.05) is 27.7 Å². The molecule has 2 aromatic rings. The molecular formula is C14H16N4OS. The first-order valence-electron chi connectivity index (χ1n) is 6.28. The lowest BCUT2D eigenvalue weighted by Gasteiger charge is -2.12. The summed E-state index contributed by atoms with van der Waals surface area (Å²) in [6, 6.07) is 2.24. The van der Waals surface area contributed by atoms with E-state index in [1.165, 1.54) is 11.8 Å². The zero-order valence-corrected chi connectivity index (χ0v) is 13.0. The average Bonchev–Trinajstić information content (AvgIpc) is 2.83. The predicted octanol–water partition coefficient (Wildman–Crippen LogP) is 3.42. The van der Waals surface area contributed by atoms with Gasteiger partial charge < -0.3 is 4.52 Å². The lowest BCUT2D eigenvalue weighted by Crippen LogP contribution is -2.00. The topological polar surface area (TPSA) is 75.6 Å². The first-order valence-corrected chi connectivity index (χ1v) is 7.16. The molecule has 2 rings (SSSR count). The summed E-state index contributed by atoms with van der Waals surface area (Å²) in [5.41, 5.74) is 3.61. The van der Waals surface area contributed by atoms with Crippen LogP contribution in [-0.4, -0.2) is 15.1 Å². The number of nitriles is 1. The first kappa shape index (κ1) is 14.5. The number of nitrogens with zero attached hydrogens (tertiary/aromatic N) is 4. The second kappa shape index (κ2) is 5.63. The van der Waals surface area contributed by atoms with Gasteiger partial charge in [0.1, 0.15) is 11.1 Å². The maximum atomic E-state index is 9.35. The normalized spacial score (nSPS) is 12.2. The van der Waals surface area contributed by atoms with Crippen LogP contribution in [0.3, 0.4) is 0 Å². The summed E-state index contributed by atoms with van der Waals surface area (Å²) in [5.74, 6) is 1.16. The largest absolute Gasteiger partial charge is 0.338 e. The van der Waals surface area contributed by atoms with Crippen molar-refractivity contribution in [1.29, 1.82) is 5.26 Å². The summed E-state index contributed by atoms with van der Waals surface area (Å²) >= 11 is 1.47. The van der Waals surface area contributed by atoms with Crippen molar-refractivity contribution in [2.24, 2.45) is 0 Å². The Balaban J connectivity index is 2.37. The van der Waals surface area contributed by atoms with Gasteiger partial charge in [-0.1, -0.05) is 16.9 Å². The van der Waals surface area contributed by atoms with Gasteiger partial charge in [0.25, 0.3) is 0 Å². The Morgan fingerprint density at radius 2 is 1.85 bits per heavy atom. The van der Waals surface area contributed by atoms with Crippen LogP contribution in [0.25, 0.3) is 0 Å². The molecule has 2 heterocycles. The van der Waals surface area contributed by atoms with Crippen LogP contribution in [-0.2, 0) is 0 Å². The molecule has 0 aliphatic rings. The maximum absolute atomic E-state index is 9.35. The minimum atomic E-state index is -0.0442. The van der Waals surface area contributed by atoms with Gasteiger partial charge in [0.2, 0.25) is 5.89 Å². The summed E-state index contributed by atoms with van der Waals surface area (Å²) < 4.78 is 5.16. The molecule has 0 N–H and O–H groups in total. The van der Waals surface area contributed by atoms with E-state index in [4.69, 9.17) is 4.52 Å². The molecule has 0 radical (unpaired) electrons. The molecule has 104 valence electrons. The number of aromatic nitrogens is 3. The van der Waals surface area contributed by atoms with Crippen LogP contribution in [0.15, 0.2) is 9.55 Å². The average molecular weight is 288 g/mol. The zero-order chi connectivity index (χ0) is 14.9. The third-order valence-electron chi connectivity index (χ3n) is 3.25. The Morgan fingerprint density at radius 3 is 2.40 bits per heavy atom. The molecular weight excluding hydrogens is 272 g/mol. The highest BCUT2D eigenvalue weighted by atomic mass is 32.2. The molecule has 0 saturated carbocycles. The number of hydrogen-bond donors (Lipinski definition) is 0. The van der Waals surface area contributed by atoms with E-state index >= 15 is 0 Å². The summed E-state index contributed by atoms with van der Waals surface area (Å²) in [6.07, 6.45) is 0. The number of thioether (sulfide) groups is 1. The van der Waals surface area contributed by atoms with Gasteiger partial charge in [0, 0.05) is 5.69 Å². The SMILES string of the molecule is Cc1noc(C(C)Sc2nc(C)c(C)c(C)c2C#N)n1. The molecule has 0 aliphatic heterocycles. The van der Waals surface area contributed by atoms with Crippen molar-refractivity contribution >= 4 is 11.8 Å². The molecule has 0 bridgehead atoms. The quantitative estimate of drug-likeness (QED) is 0.805. The summed E-state index contributed by atoms with van der Waals surface area (Å²) in [6.45, 7) is 9.63. The van der Waals surface area contributed by atoms with Crippen molar-refractivity contribution in [2.45, 2.75) is 44.9 Å². The van der Waals surface area contributed by atoms with Crippen LogP contribution in [0.5, 0.6) is 0 Å². The molecule has 0 amide bonds. The molecule has 6 heteroatoms. The van der Waals surface area contributed by atoms with Gasteiger partial charge in [-0.15, -0.1) is 0 Å². The number of aryl methyl sites for hydroxylation is 2. The fourth-order valence-corrected chi connectivity index (χ4v) is 2.86. The van der Waals surface area contributed by atoms with Gasteiger partial charge in [0.15, 0.2) is 5.82 Å². The van der Waals surface area contributed by atoms with Crippen molar-refractivity contribution in [1.82, 2.24) is 15.1 Å². The maximum Gasteiger partial charge on any atom is 0.239 e. The summed E-state index contributed by atoms with van der Waals surface area (Å²) in [4.78, 5) is 8.74. The molecule has 0 spiro atoms. The highest BCUT2D eigenvalue weighted by molar-refractivity contribution is 7.99. The highest BCUT2D eigenvalue weighted by Gasteiger charge is 2.19. The Hall–Kier alpha value is -1.87. The van der Waals surface area contributed by atoms with E-state index in [0.29, 0.717) is 17.3 Å². The minimum absolute atomic E-state index is 0.0442. The minimum Gasteiger partial charge on any atom is -0.338 e. The number of rotatable bonds is 3. The Labute approximate surface area is 122 Å². The van der Waals surface area contributed by atoms with E-state index in [-0.39, 0.29) is 5.25 Å². The van der Waals surface area contributed by atoms with Gasteiger partial charge >= 0.3 is 0 Å². The summed E-state index contributed by atoms with van der Waals surface area (Å²) in [5, 5.41) is 13.8. The fraction of sp³-hybridized carbons (Fsp3) is 0.429. The summed E-state index contributed by atoms with van der Waals surface area (Å²) in [7, 11) is 0. The number of pyridine rings is 1. The monoisotopic (exact) mass is 288 g/mol. The third kappa shape index (κ3) is 2.68. The second-order valence-electron chi connectivity index (χ2n) is 4.68. The van der Waals surface area contributed by atoms with E-state index in [0.717, 1.165) is 21.8 Å². The van der Waals surface area contributed by atoms with Gasteiger partial charge in [-0.2, -0.15) is 10.2 Å². The fourth-order valence-electron chi connectivity index (χ4n) is 1.82. The lowest BCUT2D eigenvalue weighted by atomic mass is 10.1. The second-order valence-corrected chi connectivity index (χ2v) is 6.01. The van der Waals surface area contributed by atoms with Crippen LogP contribution in [0.2, 0.25) is 0 Å². The van der Waals surface area contributed by atoms with E-state index < -0.39 is 0 Å². The van der Waals surface area contributed by atoms with Crippen LogP contribution < -0.4 is 0 Å². The standard InChI is InChI=1S/C14H16N4OS/c1-7-8(2)12(6-15)14(16-9(7)3)20-10(4)13-17-11(5)18-19-13/h10H,1-5H3. The molecule has 0 fully saturated rings. The van der Waals surface area contributed by atoms with Gasteiger partial charge in [-0.25, -0.2) is 4.98 Å². The van der Waals surface area contributed by atoms with Crippen molar-refractivity contribution in [3.63, 3.8) is 0 Å². The van der Waals surface area contributed by atoms with Crippen LogP contribution in [0, 0.1) is 39.0 Å². The molecule has 0 saturated heterocycles. The third-order valence-corrected chi connectivity index (χ3v) is 4.33. The van der Waals surface area contributed by atoms with Gasteiger partial charge in [-0.05, 0) is 45.7 Å². The van der Waals surface area contributed by atoms with Gasteiger partial charge in [-0.3, -0.25) is 0 Å². The zero-order valence-electron chi connectivity index (χ0n) is 12.2. The molecule has 2 aromatic heterocycles. The Bertz CT molecular complexity index is 687. The molecule has 20 heavy (non-hydrogen) atoms.